The Balaban J connectivity index is 1.74. The van der Waals surface area contributed by atoms with Crippen molar-refractivity contribution in [2.24, 2.45) is 11.8 Å². The molecule has 1 aromatic rings. The highest BCUT2D eigenvalue weighted by Gasteiger charge is 2.40. The lowest BCUT2D eigenvalue weighted by Crippen LogP contribution is -2.23. The van der Waals surface area contributed by atoms with Crippen LogP contribution in [0.5, 0.6) is 0 Å². The SMILES string of the molecule is O=C(O)CCC/C=C\C[C@H]1[C@@H](O)CC(O)[C@@H]1CC[C@@H](O)CCc1ccccc1. The third-order valence-corrected chi connectivity index (χ3v) is 5.80. The fourth-order valence-electron chi connectivity index (χ4n) is 4.16. The number of carboxylic acids is 1. The van der Waals surface area contributed by atoms with Crippen LogP contribution in [-0.2, 0) is 11.2 Å². The second kappa shape index (κ2) is 12.0. The molecule has 4 N–H and O–H groups in total. The average Bonchev–Trinajstić information content (AvgIpc) is 2.94. The number of allylic oxidation sites excluding steroid dienone is 2. The molecule has 1 aromatic carbocycles. The molecular weight excluding hydrogens is 356 g/mol. The predicted molar refractivity (Wildman–Crippen MR) is 109 cm³/mol. The second-order valence-corrected chi connectivity index (χ2v) is 7.95. The van der Waals surface area contributed by atoms with Crippen molar-refractivity contribution in [1.82, 2.24) is 0 Å². The molecular formula is C23H34O5. The first-order valence-corrected chi connectivity index (χ1v) is 10.4. The summed E-state index contributed by atoms with van der Waals surface area (Å²) in [4.78, 5) is 10.5. The van der Waals surface area contributed by atoms with Crippen molar-refractivity contribution in [2.45, 2.75) is 76.1 Å². The number of aryl methyl sites for hydroxylation is 1. The number of hydrogen-bond donors (Lipinski definition) is 4. The van der Waals surface area contributed by atoms with E-state index in [2.05, 4.69) is 12.1 Å². The van der Waals surface area contributed by atoms with Gasteiger partial charge in [0.2, 0.25) is 0 Å². The van der Waals surface area contributed by atoms with Crippen molar-refractivity contribution in [3.8, 4) is 0 Å². The average molecular weight is 391 g/mol. The van der Waals surface area contributed by atoms with Crippen LogP contribution in [0.15, 0.2) is 42.5 Å². The van der Waals surface area contributed by atoms with Gasteiger partial charge in [0.15, 0.2) is 0 Å². The highest BCUT2D eigenvalue weighted by molar-refractivity contribution is 5.66. The number of unbranched alkanes of at least 4 members (excludes halogenated alkanes) is 1. The van der Waals surface area contributed by atoms with Crippen LogP contribution in [0, 0.1) is 11.8 Å². The second-order valence-electron chi connectivity index (χ2n) is 7.95. The van der Waals surface area contributed by atoms with Gasteiger partial charge in [-0.1, -0.05) is 42.5 Å². The maximum Gasteiger partial charge on any atom is 0.303 e. The number of aliphatic carboxylic acids is 1. The molecule has 1 aliphatic carbocycles. The van der Waals surface area contributed by atoms with E-state index in [1.165, 1.54) is 5.56 Å². The molecule has 1 aliphatic rings. The molecule has 0 spiro atoms. The van der Waals surface area contributed by atoms with Gasteiger partial charge < -0.3 is 20.4 Å². The number of carbonyl (C=O) groups is 1. The van der Waals surface area contributed by atoms with E-state index in [-0.39, 0.29) is 18.3 Å². The van der Waals surface area contributed by atoms with E-state index in [9.17, 15) is 20.1 Å². The van der Waals surface area contributed by atoms with E-state index in [1.807, 2.05) is 30.4 Å². The molecule has 0 amide bonds. The molecule has 0 aromatic heterocycles. The summed E-state index contributed by atoms with van der Waals surface area (Å²) in [7, 11) is 0. The molecule has 1 fully saturated rings. The number of aliphatic hydroxyl groups excluding tert-OH is 3. The number of aliphatic hydroxyl groups is 3. The predicted octanol–water partition coefficient (Wildman–Crippen LogP) is 3.32. The zero-order valence-electron chi connectivity index (χ0n) is 16.5. The Bertz CT molecular complexity index is 600. The smallest absolute Gasteiger partial charge is 0.303 e. The highest BCUT2D eigenvalue weighted by Crippen LogP contribution is 2.38. The molecule has 5 atom stereocenters. The standard InChI is InChI=1S/C23H34O5/c24-18(13-12-17-8-4-3-5-9-17)14-15-20-19(21(25)16-22(20)26)10-6-1-2-7-11-23(27)28/h1,3-6,8-9,18-22,24-26H,2,7,10-16H2,(H,27,28)/b6-1-/t18-,19+,20+,21-,22?/m0/s1. The van der Waals surface area contributed by atoms with E-state index < -0.39 is 24.3 Å². The minimum Gasteiger partial charge on any atom is -0.481 e. The zero-order valence-corrected chi connectivity index (χ0v) is 16.5. The molecule has 2 rings (SSSR count). The quantitative estimate of drug-likeness (QED) is 0.324. The Morgan fingerprint density at radius 2 is 1.79 bits per heavy atom. The summed E-state index contributed by atoms with van der Waals surface area (Å²) in [6, 6.07) is 10.1. The van der Waals surface area contributed by atoms with Crippen molar-refractivity contribution >= 4 is 5.97 Å². The Hall–Kier alpha value is -1.69. The first-order chi connectivity index (χ1) is 13.5. The van der Waals surface area contributed by atoms with Gasteiger partial charge >= 0.3 is 5.97 Å². The third-order valence-electron chi connectivity index (χ3n) is 5.80. The summed E-state index contributed by atoms with van der Waals surface area (Å²) in [6.07, 6.45) is 7.91. The molecule has 156 valence electrons. The first kappa shape index (κ1) is 22.6. The van der Waals surface area contributed by atoms with Crippen molar-refractivity contribution < 1.29 is 25.2 Å². The number of carboxylic acid groups (broad SMARTS) is 1. The summed E-state index contributed by atoms with van der Waals surface area (Å²) in [5.41, 5.74) is 1.21. The topological polar surface area (TPSA) is 98.0 Å². The third kappa shape index (κ3) is 7.74. The van der Waals surface area contributed by atoms with Crippen molar-refractivity contribution in [3.05, 3.63) is 48.0 Å². The summed E-state index contributed by atoms with van der Waals surface area (Å²) in [5, 5.41) is 39.6. The molecule has 5 nitrogen and oxygen atoms in total. The number of rotatable bonds is 12. The minimum atomic E-state index is -0.784. The zero-order chi connectivity index (χ0) is 20.4. The van der Waals surface area contributed by atoms with E-state index in [4.69, 9.17) is 5.11 Å². The van der Waals surface area contributed by atoms with Crippen molar-refractivity contribution in [1.29, 1.82) is 0 Å². The highest BCUT2D eigenvalue weighted by atomic mass is 16.4. The van der Waals surface area contributed by atoms with Crippen LogP contribution in [0.1, 0.15) is 56.9 Å². The molecule has 0 saturated heterocycles. The van der Waals surface area contributed by atoms with Gasteiger partial charge in [-0.25, -0.2) is 0 Å². The van der Waals surface area contributed by atoms with Gasteiger partial charge in [-0.3, -0.25) is 4.79 Å². The van der Waals surface area contributed by atoms with E-state index in [0.29, 0.717) is 44.9 Å². The van der Waals surface area contributed by atoms with Crippen LogP contribution in [0.2, 0.25) is 0 Å². The van der Waals surface area contributed by atoms with Gasteiger partial charge in [0.1, 0.15) is 0 Å². The minimum absolute atomic E-state index is 0.00736. The molecule has 28 heavy (non-hydrogen) atoms. The van der Waals surface area contributed by atoms with Gasteiger partial charge in [-0.2, -0.15) is 0 Å². The van der Waals surface area contributed by atoms with Crippen LogP contribution in [-0.4, -0.2) is 44.7 Å². The largest absolute Gasteiger partial charge is 0.481 e. The Kier molecular flexibility index (Phi) is 9.68. The fourth-order valence-corrected chi connectivity index (χ4v) is 4.16. The maximum absolute atomic E-state index is 10.5. The van der Waals surface area contributed by atoms with Gasteiger partial charge in [0.05, 0.1) is 18.3 Å². The molecule has 5 heteroatoms. The summed E-state index contributed by atoms with van der Waals surface area (Å²) >= 11 is 0. The molecule has 1 unspecified atom stereocenters. The summed E-state index contributed by atoms with van der Waals surface area (Å²) < 4.78 is 0. The summed E-state index contributed by atoms with van der Waals surface area (Å²) in [5.74, 6) is -0.800. The lowest BCUT2D eigenvalue weighted by Gasteiger charge is -2.23. The maximum atomic E-state index is 10.5. The molecule has 1 saturated carbocycles. The van der Waals surface area contributed by atoms with Crippen LogP contribution in [0.4, 0.5) is 0 Å². The van der Waals surface area contributed by atoms with Crippen LogP contribution in [0.3, 0.4) is 0 Å². The van der Waals surface area contributed by atoms with Gasteiger partial charge in [0.25, 0.3) is 0 Å². The van der Waals surface area contributed by atoms with Gasteiger partial charge in [-0.15, -0.1) is 0 Å². The Morgan fingerprint density at radius 3 is 2.50 bits per heavy atom. The fraction of sp³-hybridized carbons (Fsp3) is 0.609. The van der Waals surface area contributed by atoms with E-state index >= 15 is 0 Å². The van der Waals surface area contributed by atoms with Gasteiger partial charge in [0, 0.05) is 6.42 Å². The number of benzene rings is 1. The van der Waals surface area contributed by atoms with Gasteiger partial charge in [-0.05, 0) is 68.8 Å². The number of hydrogen-bond acceptors (Lipinski definition) is 4. The Labute approximate surface area is 167 Å². The molecule has 0 bridgehead atoms. The first-order valence-electron chi connectivity index (χ1n) is 10.4. The monoisotopic (exact) mass is 390 g/mol. The lowest BCUT2D eigenvalue weighted by molar-refractivity contribution is -0.137. The molecule has 0 radical (unpaired) electrons. The van der Waals surface area contributed by atoms with Crippen molar-refractivity contribution in [3.63, 3.8) is 0 Å². The van der Waals surface area contributed by atoms with Crippen LogP contribution in [0.25, 0.3) is 0 Å². The van der Waals surface area contributed by atoms with E-state index in [1.54, 1.807) is 0 Å². The molecule has 0 aliphatic heterocycles. The van der Waals surface area contributed by atoms with Crippen molar-refractivity contribution in [2.75, 3.05) is 0 Å². The molecule has 0 heterocycles. The lowest BCUT2D eigenvalue weighted by atomic mass is 9.85. The van der Waals surface area contributed by atoms with Crippen LogP contribution < -0.4 is 0 Å². The van der Waals surface area contributed by atoms with E-state index in [0.717, 1.165) is 6.42 Å². The normalized spacial score (nSPS) is 26.0. The Morgan fingerprint density at radius 1 is 1.07 bits per heavy atom. The van der Waals surface area contributed by atoms with Crippen LogP contribution >= 0.6 is 0 Å². The summed E-state index contributed by atoms with van der Waals surface area (Å²) in [6.45, 7) is 0.